The molecule has 2 unspecified atom stereocenters. The molecule has 0 radical (unpaired) electrons. The number of hydrogen-bond donors (Lipinski definition) is 1. The first-order valence-electron chi connectivity index (χ1n) is 5.79. The van der Waals surface area contributed by atoms with Crippen LogP contribution in [0.4, 0.5) is 5.69 Å². The Morgan fingerprint density at radius 3 is 2.72 bits per heavy atom. The van der Waals surface area contributed by atoms with Gasteiger partial charge in [-0.3, -0.25) is 10.1 Å². The smallest absolute Gasteiger partial charge is 0.273 e. The molecular formula is C12H15NO5. The van der Waals surface area contributed by atoms with Crippen LogP contribution in [0.5, 0.6) is 11.5 Å². The number of methoxy groups -OCH3 is 1. The van der Waals surface area contributed by atoms with Gasteiger partial charge in [0.1, 0.15) is 6.10 Å². The first-order valence-corrected chi connectivity index (χ1v) is 5.79. The lowest BCUT2D eigenvalue weighted by Gasteiger charge is -2.18. The average Bonchev–Trinajstić information content (AvgIpc) is 2.75. The highest BCUT2D eigenvalue weighted by molar-refractivity contribution is 5.48. The number of aliphatic hydroxyl groups is 1. The van der Waals surface area contributed by atoms with Crippen molar-refractivity contribution >= 4 is 5.69 Å². The second kappa shape index (κ2) is 5.22. The number of non-ortho nitro benzene ring substituents is 1. The number of rotatable bonds is 4. The van der Waals surface area contributed by atoms with Gasteiger partial charge in [0.15, 0.2) is 11.5 Å². The van der Waals surface area contributed by atoms with E-state index in [1.807, 2.05) is 0 Å². The van der Waals surface area contributed by atoms with Gasteiger partial charge in [-0.1, -0.05) is 0 Å². The van der Waals surface area contributed by atoms with Crippen LogP contribution in [0.25, 0.3) is 0 Å². The van der Waals surface area contributed by atoms with Crippen LogP contribution in [0.2, 0.25) is 0 Å². The first-order chi connectivity index (χ1) is 8.61. The average molecular weight is 253 g/mol. The van der Waals surface area contributed by atoms with Crippen LogP contribution in [0.15, 0.2) is 18.2 Å². The fraction of sp³-hybridized carbons (Fsp3) is 0.500. The Morgan fingerprint density at radius 2 is 2.17 bits per heavy atom. The molecule has 6 heteroatoms. The maximum atomic E-state index is 10.7. The number of nitro groups is 1. The Morgan fingerprint density at radius 1 is 1.39 bits per heavy atom. The molecule has 2 rings (SSSR count). The van der Waals surface area contributed by atoms with Gasteiger partial charge in [-0.05, 0) is 25.3 Å². The van der Waals surface area contributed by atoms with Crippen molar-refractivity contribution in [3.05, 3.63) is 28.3 Å². The van der Waals surface area contributed by atoms with E-state index in [0.29, 0.717) is 17.9 Å². The molecule has 0 saturated heterocycles. The lowest BCUT2D eigenvalue weighted by molar-refractivity contribution is -0.385. The number of nitrogens with zero attached hydrogens (tertiary/aromatic N) is 1. The molecule has 1 aromatic rings. The van der Waals surface area contributed by atoms with Crippen molar-refractivity contribution in [1.82, 2.24) is 0 Å². The molecule has 2 atom stereocenters. The topological polar surface area (TPSA) is 81.8 Å². The van der Waals surface area contributed by atoms with Gasteiger partial charge < -0.3 is 14.6 Å². The molecule has 1 N–H and O–H groups in total. The van der Waals surface area contributed by atoms with Gasteiger partial charge in [0.2, 0.25) is 0 Å². The Hall–Kier alpha value is -1.82. The zero-order valence-electron chi connectivity index (χ0n) is 10.0. The molecule has 1 aliphatic rings. The molecule has 18 heavy (non-hydrogen) atoms. The SMILES string of the molecule is COc1ccc([N+](=O)[O-])cc1OC1CCCC1O. The highest BCUT2D eigenvalue weighted by atomic mass is 16.6. The summed E-state index contributed by atoms with van der Waals surface area (Å²) in [4.78, 5) is 10.2. The summed E-state index contributed by atoms with van der Waals surface area (Å²) in [6, 6.07) is 4.18. The standard InChI is InChI=1S/C12H15NO5/c1-17-11-6-5-8(13(15)16)7-12(11)18-10-4-2-3-9(10)14/h5-7,9-10,14H,2-4H2,1H3. The lowest BCUT2D eigenvalue weighted by Crippen LogP contribution is -2.25. The minimum Gasteiger partial charge on any atom is -0.493 e. The summed E-state index contributed by atoms with van der Waals surface area (Å²) in [5.74, 6) is 0.734. The van der Waals surface area contributed by atoms with Crippen molar-refractivity contribution in [1.29, 1.82) is 0 Å². The summed E-state index contributed by atoms with van der Waals surface area (Å²) >= 11 is 0. The second-order valence-corrected chi connectivity index (χ2v) is 4.25. The van der Waals surface area contributed by atoms with E-state index in [1.165, 1.54) is 25.3 Å². The van der Waals surface area contributed by atoms with Crippen molar-refractivity contribution in [3.63, 3.8) is 0 Å². The minimum absolute atomic E-state index is 0.0571. The van der Waals surface area contributed by atoms with Gasteiger partial charge in [-0.2, -0.15) is 0 Å². The summed E-state index contributed by atoms with van der Waals surface area (Å²) in [6.07, 6.45) is 1.49. The molecule has 0 amide bonds. The van der Waals surface area contributed by atoms with Crippen LogP contribution in [-0.2, 0) is 0 Å². The van der Waals surface area contributed by atoms with E-state index in [1.54, 1.807) is 0 Å². The second-order valence-electron chi connectivity index (χ2n) is 4.25. The van der Waals surface area contributed by atoms with E-state index in [-0.39, 0.29) is 11.8 Å². The van der Waals surface area contributed by atoms with Gasteiger partial charge in [0.05, 0.1) is 24.2 Å². The third-order valence-electron chi connectivity index (χ3n) is 3.05. The van der Waals surface area contributed by atoms with Crippen LogP contribution >= 0.6 is 0 Å². The normalized spacial score (nSPS) is 22.8. The molecule has 0 heterocycles. The maximum absolute atomic E-state index is 10.7. The summed E-state index contributed by atoms with van der Waals surface area (Å²) in [5.41, 5.74) is -0.0571. The molecule has 98 valence electrons. The molecular weight excluding hydrogens is 238 g/mol. The fourth-order valence-corrected chi connectivity index (χ4v) is 2.08. The largest absolute Gasteiger partial charge is 0.493 e. The van der Waals surface area contributed by atoms with Crippen molar-refractivity contribution in [3.8, 4) is 11.5 Å². The van der Waals surface area contributed by atoms with E-state index < -0.39 is 11.0 Å². The lowest BCUT2D eigenvalue weighted by atomic mass is 10.2. The van der Waals surface area contributed by atoms with E-state index in [2.05, 4.69) is 0 Å². The van der Waals surface area contributed by atoms with Gasteiger partial charge >= 0.3 is 0 Å². The van der Waals surface area contributed by atoms with Crippen molar-refractivity contribution in [2.45, 2.75) is 31.5 Å². The fourth-order valence-electron chi connectivity index (χ4n) is 2.08. The first kappa shape index (κ1) is 12.6. The number of nitro benzene ring substituents is 1. The van der Waals surface area contributed by atoms with Crippen LogP contribution in [-0.4, -0.2) is 29.3 Å². The van der Waals surface area contributed by atoms with E-state index >= 15 is 0 Å². The van der Waals surface area contributed by atoms with E-state index in [4.69, 9.17) is 9.47 Å². The van der Waals surface area contributed by atoms with Crippen molar-refractivity contribution in [2.24, 2.45) is 0 Å². The number of aliphatic hydroxyl groups excluding tert-OH is 1. The molecule has 1 aromatic carbocycles. The molecule has 1 aliphatic carbocycles. The van der Waals surface area contributed by atoms with Crippen LogP contribution in [0.3, 0.4) is 0 Å². The third-order valence-corrected chi connectivity index (χ3v) is 3.05. The quantitative estimate of drug-likeness (QED) is 0.654. The summed E-state index contributed by atoms with van der Waals surface area (Å²) < 4.78 is 10.7. The summed E-state index contributed by atoms with van der Waals surface area (Å²) in [6.45, 7) is 0. The molecule has 6 nitrogen and oxygen atoms in total. The third kappa shape index (κ3) is 2.53. The van der Waals surface area contributed by atoms with E-state index in [9.17, 15) is 15.2 Å². The zero-order valence-corrected chi connectivity index (χ0v) is 10.0. The summed E-state index contributed by atoms with van der Waals surface area (Å²) in [5, 5.41) is 20.4. The predicted octanol–water partition coefficient (Wildman–Crippen LogP) is 1.90. The van der Waals surface area contributed by atoms with Gasteiger partial charge in [-0.15, -0.1) is 0 Å². The van der Waals surface area contributed by atoms with Crippen LogP contribution in [0, 0.1) is 10.1 Å². The van der Waals surface area contributed by atoms with Crippen LogP contribution in [0.1, 0.15) is 19.3 Å². The monoisotopic (exact) mass is 253 g/mol. The van der Waals surface area contributed by atoms with Crippen molar-refractivity contribution < 1.29 is 19.5 Å². The predicted molar refractivity (Wildman–Crippen MR) is 63.9 cm³/mol. The minimum atomic E-state index is -0.519. The van der Waals surface area contributed by atoms with Gasteiger partial charge in [0.25, 0.3) is 5.69 Å². The number of benzene rings is 1. The maximum Gasteiger partial charge on any atom is 0.273 e. The summed E-state index contributed by atoms with van der Waals surface area (Å²) in [7, 11) is 1.47. The van der Waals surface area contributed by atoms with Crippen molar-refractivity contribution in [2.75, 3.05) is 7.11 Å². The Kier molecular flexibility index (Phi) is 3.66. The van der Waals surface area contributed by atoms with Gasteiger partial charge in [-0.25, -0.2) is 0 Å². The molecule has 0 aliphatic heterocycles. The Bertz CT molecular complexity index is 448. The highest BCUT2D eigenvalue weighted by Crippen LogP contribution is 2.34. The Balaban J connectivity index is 2.23. The molecule has 0 spiro atoms. The number of ether oxygens (including phenoxy) is 2. The highest BCUT2D eigenvalue weighted by Gasteiger charge is 2.28. The van der Waals surface area contributed by atoms with Crippen LogP contribution < -0.4 is 9.47 Å². The molecule has 0 bridgehead atoms. The molecule has 1 fully saturated rings. The Labute approximate surface area is 104 Å². The van der Waals surface area contributed by atoms with Gasteiger partial charge in [0, 0.05) is 6.07 Å². The molecule has 1 saturated carbocycles. The zero-order chi connectivity index (χ0) is 13.1. The number of hydrogen-bond acceptors (Lipinski definition) is 5. The molecule has 0 aromatic heterocycles. The van der Waals surface area contributed by atoms with E-state index in [0.717, 1.165) is 12.8 Å².